The van der Waals surface area contributed by atoms with E-state index in [2.05, 4.69) is 15.9 Å². The highest BCUT2D eigenvalue weighted by atomic mass is 79.9. The molecule has 2 aromatic rings. The molecule has 0 amide bonds. The fourth-order valence-electron chi connectivity index (χ4n) is 1.78. The topological polar surface area (TPSA) is 48.3 Å². The molecule has 1 aromatic carbocycles. The van der Waals surface area contributed by atoms with Crippen LogP contribution in [0.1, 0.15) is 15.9 Å². The van der Waals surface area contributed by atoms with Gasteiger partial charge in [0, 0.05) is 16.7 Å². The molecule has 0 aliphatic heterocycles. The van der Waals surface area contributed by atoms with E-state index in [1.54, 1.807) is 30.5 Å². The molecule has 0 N–H and O–H groups in total. The smallest absolute Gasteiger partial charge is 0.338 e. The van der Waals surface area contributed by atoms with Gasteiger partial charge in [-0.3, -0.25) is 4.79 Å². The monoisotopic (exact) mass is 321 g/mol. The van der Waals surface area contributed by atoms with Crippen LogP contribution in [0.3, 0.4) is 0 Å². The van der Waals surface area contributed by atoms with E-state index in [1.165, 1.54) is 17.7 Å². The molecule has 1 aromatic heterocycles. The number of ether oxygens (including phenoxy) is 1. The molecule has 0 saturated carbocycles. The molecule has 5 heteroatoms. The van der Waals surface area contributed by atoms with Crippen LogP contribution in [0.25, 0.3) is 0 Å². The predicted molar refractivity (Wildman–Crippen MR) is 75.3 cm³/mol. The van der Waals surface area contributed by atoms with Gasteiger partial charge in [-0.05, 0) is 33.6 Å². The Balaban J connectivity index is 2.41. The molecule has 19 heavy (non-hydrogen) atoms. The van der Waals surface area contributed by atoms with Gasteiger partial charge < -0.3 is 9.30 Å². The Labute approximate surface area is 118 Å². The number of carbonyl (C=O) groups excluding carboxylic acids is 1. The van der Waals surface area contributed by atoms with Crippen LogP contribution in [-0.4, -0.2) is 17.6 Å². The van der Waals surface area contributed by atoms with Crippen molar-refractivity contribution in [1.29, 1.82) is 0 Å². The summed E-state index contributed by atoms with van der Waals surface area (Å²) < 4.78 is 7.07. The van der Waals surface area contributed by atoms with Crippen LogP contribution in [0, 0.1) is 0 Å². The summed E-state index contributed by atoms with van der Waals surface area (Å²) in [6, 6.07) is 10.2. The van der Waals surface area contributed by atoms with Crippen LogP contribution in [0.15, 0.2) is 51.9 Å². The Hall–Kier alpha value is -1.88. The number of halogens is 1. The molecule has 2 rings (SSSR count). The Morgan fingerprint density at radius 2 is 2.00 bits per heavy atom. The van der Waals surface area contributed by atoms with Gasteiger partial charge in [-0.15, -0.1) is 0 Å². The maximum atomic E-state index is 11.8. The zero-order valence-corrected chi connectivity index (χ0v) is 11.9. The minimum Gasteiger partial charge on any atom is -0.465 e. The first-order valence-electron chi connectivity index (χ1n) is 5.64. The van der Waals surface area contributed by atoms with Crippen molar-refractivity contribution in [3.8, 4) is 0 Å². The van der Waals surface area contributed by atoms with E-state index < -0.39 is 5.97 Å². The lowest BCUT2D eigenvalue weighted by Crippen LogP contribution is -2.20. The zero-order chi connectivity index (χ0) is 13.8. The summed E-state index contributed by atoms with van der Waals surface area (Å²) in [5.41, 5.74) is 1.09. The second-order valence-electron chi connectivity index (χ2n) is 3.96. The molecular weight excluding hydrogens is 310 g/mol. The van der Waals surface area contributed by atoms with E-state index in [4.69, 9.17) is 4.74 Å². The fraction of sp³-hybridized carbons (Fsp3) is 0.143. The standard InChI is InChI=1S/C14H12BrNO3/c1-19-14(18)12-5-3-2-4-10(12)8-16-9-11(15)6-7-13(16)17/h2-7,9H,8H2,1H3. The molecule has 1 heterocycles. The first-order chi connectivity index (χ1) is 9.11. The van der Waals surface area contributed by atoms with Crippen molar-refractivity contribution in [2.75, 3.05) is 7.11 Å². The van der Waals surface area contributed by atoms with Crippen LogP contribution in [0.5, 0.6) is 0 Å². The fourth-order valence-corrected chi connectivity index (χ4v) is 2.16. The molecule has 0 spiro atoms. The van der Waals surface area contributed by atoms with Crippen molar-refractivity contribution >= 4 is 21.9 Å². The zero-order valence-electron chi connectivity index (χ0n) is 10.3. The normalized spacial score (nSPS) is 10.2. The van der Waals surface area contributed by atoms with Gasteiger partial charge >= 0.3 is 5.97 Å². The van der Waals surface area contributed by atoms with Gasteiger partial charge in [-0.2, -0.15) is 0 Å². The molecule has 0 bridgehead atoms. The second-order valence-corrected chi connectivity index (χ2v) is 4.88. The largest absolute Gasteiger partial charge is 0.465 e. The molecule has 0 fully saturated rings. The Morgan fingerprint density at radius 3 is 2.74 bits per heavy atom. The number of benzene rings is 1. The van der Waals surface area contributed by atoms with Crippen LogP contribution in [0.2, 0.25) is 0 Å². The molecule has 0 atom stereocenters. The van der Waals surface area contributed by atoms with E-state index in [0.717, 1.165) is 10.0 Å². The minimum atomic E-state index is -0.404. The van der Waals surface area contributed by atoms with Gasteiger partial charge in [0.2, 0.25) is 0 Å². The SMILES string of the molecule is COC(=O)c1ccccc1Cn1cc(Br)ccc1=O. The third-order valence-electron chi connectivity index (χ3n) is 2.71. The number of nitrogens with zero attached hydrogens (tertiary/aromatic N) is 1. The Bertz CT molecular complexity index is 664. The highest BCUT2D eigenvalue weighted by Gasteiger charge is 2.11. The van der Waals surface area contributed by atoms with Crippen LogP contribution in [0.4, 0.5) is 0 Å². The minimum absolute atomic E-state index is 0.122. The summed E-state index contributed by atoms with van der Waals surface area (Å²) >= 11 is 3.32. The summed E-state index contributed by atoms with van der Waals surface area (Å²) in [4.78, 5) is 23.4. The lowest BCUT2D eigenvalue weighted by atomic mass is 10.1. The molecule has 0 aliphatic rings. The number of pyridine rings is 1. The van der Waals surface area contributed by atoms with E-state index >= 15 is 0 Å². The van der Waals surface area contributed by atoms with Crippen molar-refractivity contribution < 1.29 is 9.53 Å². The second kappa shape index (κ2) is 5.84. The molecule has 0 unspecified atom stereocenters. The van der Waals surface area contributed by atoms with E-state index in [1.807, 2.05) is 6.07 Å². The van der Waals surface area contributed by atoms with Gasteiger partial charge in [-0.1, -0.05) is 18.2 Å². The Kier molecular flexibility index (Phi) is 4.16. The number of methoxy groups -OCH3 is 1. The number of hydrogen-bond acceptors (Lipinski definition) is 3. The van der Waals surface area contributed by atoms with Crippen LogP contribution in [-0.2, 0) is 11.3 Å². The summed E-state index contributed by atoms with van der Waals surface area (Å²) in [6.07, 6.45) is 1.69. The first-order valence-corrected chi connectivity index (χ1v) is 6.43. The highest BCUT2D eigenvalue weighted by Crippen LogP contribution is 2.12. The quantitative estimate of drug-likeness (QED) is 0.816. The summed E-state index contributed by atoms with van der Waals surface area (Å²) in [6.45, 7) is 0.323. The highest BCUT2D eigenvalue weighted by molar-refractivity contribution is 9.10. The van der Waals surface area contributed by atoms with Gasteiger partial charge in [0.1, 0.15) is 0 Å². The average Bonchev–Trinajstić information content (AvgIpc) is 2.42. The molecular formula is C14H12BrNO3. The number of aromatic nitrogens is 1. The van der Waals surface area contributed by atoms with Crippen molar-refractivity contribution in [2.45, 2.75) is 6.54 Å². The maximum absolute atomic E-state index is 11.8. The number of hydrogen-bond donors (Lipinski definition) is 0. The summed E-state index contributed by atoms with van der Waals surface area (Å²) in [5, 5.41) is 0. The molecule has 4 nitrogen and oxygen atoms in total. The third kappa shape index (κ3) is 3.12. The number of esters is 1. The maximum Gasteiger partial charge on any atom is 0.338 e. The van der Waals surface area contributed by atoms with Gasteiger partial charge in [-0.25, -0.2) is 4.79 Å². The first kappa shape index (κ1) is 13.5. The van der Waals surface area contributed by atoms with E-state index in [-0.39, 0.29) is 5.56 Å². The average molecular weight is 322 g/mol. The lowest BCUT2D eigenvalue weighted by Gasteiger charge is -2.10. The van der Waals surface area contributed by atoms with Crippen LogP contribution < -0.4 is 5.56 Å². The molecule has 0 saturated heterocycles. The van der Waals surface area contributed by atoms with Gasteiger partial charge in [0.25, 0.3) is 5.56 Å². The number of rotatable bonds is 3. The van der Waals surface area contributed by atoms with Gasteiger partial charge in [0.05, 0.1) is 19.2 Å². The third-order valence-corrected chi connectivity index (χ3v) is 3.18. The van der Waals surface area contributed by atoms with Crippen molar-refractivity contribution in [2.24, 2.45) is 0 Å². The van der Waals surface area contributed by atoms with Crippen molar-refractivity contribution in [3.05, 3.63) is 68.5 Å². The van der Waals surface area contributed by atoms with Crippen LogP contribution >= 0.6 is 15.9 Å². The predicted octanol–water partition coefficient (Wildman–Crippen LogP) is 2.45. The molecule has 0 radical (unpaired) electrons. The molecule has 0 aliphatic carbocycles. The Morgan fingerprint density at radius 1 is 1.26 bits per heavy atom. The molecule has 98 valence electrons. The summed E-state index contributed by atoms with van der Waals surface area (Å²) in [5.74, 6) is -0.404. The number of carbonyl (C=O) groups is 1. The van der Waals surface area contributed by atoms with E-state index in [0.29, 0.717) is 12.1 Å². The van der Waals surface area contributed by atoms with E-state index in [9.17, 15) is 9.59 Å². The van der Waals surface area contributed by atoms with Crippen molar-refractivity contribution in [1.82, 2.24) is 4.57 Å². The van der Waals surface area contributed by atoms with Crippen molar-refractivity contribution in [3.63, 3.8) is 0 Å². The lowest BCUT2D eigenvalue weighted by molar-refractivity contribution is 0.0599. The summed E-state index contributed by atoms with van der Waals surface area (Å²) in [7, 11) is 1.34. The van der Waals surface area contributed by atoms with Gasteiger partial charge in [0.15, 0.2) is 0 Å².